The minimum absolute atomic E-state index is 0.0106. The number of rotatable bonds is 4. The van der Waals surface area contributed by atoms with Crippen LogP contribution >= 0.6 is 11.6 Å². The standard InChI is InChI=1S/C21H16ClN/c22-19-13-11-16(12-14-19)20(15-23)21(17-7-3-1-4-8-17)18-9-5-2-6-10-18/h1-14,20-21H/t20-/m0/s1. The van der Waals surface area contributed by atoms with E-state index in [0.29, 0.717) is 5.02 Å². The fraction of sp³-hybridized carbons (Fsp3) is 0.0952. The Morgan fingerprint density at radius 1 is 0.652 bits per heavy atom. The summed E-state index contributed by atoms with van der Waals surface area (Å²) in [4.78, 5) is 0. The van der Waals surface area contributed by atoms with Crippen molar-refractivity contribution in [3.05, 3.63) is 107 Å². The maximum absolute atomic E-state index is 9.86. The molecule has 0 radical (unpaired) electrons. The number of benzene rings is 3. The number of nitrogens with zero attached hydrogens (tertiary/aromatic N) is 1. The second-order valence-electron chi connectivity index (χ2n) is 5.46. The molecule has 0 saturated carbocycles. The first kappa shape index (κ1) is 15.3. The summed E-state index contributed by atoms with van der Waals surface area (Å²) in [5.74, 6) is -0.277. The summed E-state index contributed by atoms with van der Waals surface area (Å²) >= 11 is 5.99. The Bertz CT molecular complexity index is 749. The fourth-order valence-corrected chi connectivity index (χ4v) is 3.04. The van der Waals surface area contributed by atoms with Gasteiger partial charge in [0, 0.05) is 10.9 Å². The Balaban J connectivity index is 2.10. The maximum atomic E-state index is 9.86. The van der Waals surface area contributed by atoms with Crippen molar-refractivity contribution >= 4 is 11.6 Å². The lowest BCUT2D eigenvalue weighted by Gasteiger charge is -2.23. The number of nitriles is 1. The molecule has 0 heterocycles. The Morgan fingerprint density at radius 3 is 1.57 bits per heavy atom. The first-order chi connectivity index (χ1) is 11.3. The summed E-state index contributed by atoms with van der Waals surface area (Å²) in [6.45, 7) is 0. The highest BCUT2D eigenvalue weighted by atomic mass is 35.5. The van der Waals surface area contributed by atoms with Crippen LogP contribution in [0.3, 0.4) is 0 Å². The van der Waals surface area contributed by atoms with Gasteiger partial charge in [-0.2, -0.15) is 5.26 Å². The molecule has 2 heteroatoms. The topological polar surface area (TPSA) is 23.8 Å². The lowest BCUT2D eigenvalue weighted by atomic mass is 9.78. The third-order valence-electron chi connectivity index (χ3n) is 4.02. The van der Waals surface area contributed by atoms with Crippen LogP contribution in [0.25, 0.3) is 0 Å². The van der Waals surface area contributed by atoms with Gasteiger partial charge in [0.25, 0.3) is 0 Å². The van der Waals surface area contributed by atoms with Gasteiger partial charge in [0.05, 0.1) is 12.0 Å². The van der Waals surface area contributed by atoms with Crippen LogP contribution < -0.4 is 0 Å². The monoisotopic (exact) mass is 317 g/mol. The summed E-state index contributed by atoms with van der Waals surface area (Å²) in [7, 11) is 0. The van der Waals surface area contributed by atoms with Gasteiger partial charge in [0.1, 0.15) is 0 Å². The highest BCUT2D eigenvalue weighted by molar-refractivity contribution is 6.30. The summed E-state index contributed by atoms with van der Waals surface area (Å²) in [6.07, 6.45) is 0. The van der Waals surface area contributed by atoms with E-state index in [1.165, 1.54) is 0 Å². The van der Waals surface area contributed by atoms with Crippen molar-refractivity contribution in [3.8, 4) is 6.07 Å². The van der Waals surface area contributed by atoms with Crippen molar-refractivity contribution in [2.75, 3.05) is 0 Å². The van der Waals surface area contributed by atoms with Crippen molar-refractivity contribution in [1.29, 1.82) is 5.26 Å². The third kappa shape index (κ3) is 3.44. The van der Waals surface area contributed by atoms with Crippen molar-refractivity contribution in [2.45, 2.75) is 11.8 Å². The lowest BCUT2D eigenvalue weighted by molar-refractivity contribution is 0.726. The molecule has 0 bridgehead atoms. The molecule has 3 aromatic rings. The van der Waals surface area contributed by atoms with E-state index in [9.17, 15) is 5.26 Å². The lowest BCUT2D eigenvalue weighted by Crippen LogP contribution is -2.11. The molecule has 112 valence electrons. The minimum Gasteiger partial charge on any atom is -0.198 e. The van der Waals surface area contributed by atoms with E-state index in [-0.39, 0.29) is 11.8 Å². The van der Waals surface area contributed by atoms with E-state index in [1.54, 1.807) is 0 Å². The van der Waals surface area contributed by atoms with E-state index in [1.807, 2.05) is 60.7 Å². The molecule has 0 amide bonds. The van der Waals surface area contributed by atoms with Crippen molar-refractivity contribution in [1.82, 2.24) is 0 Å². The van der Waals surface area contributed by atoms with Crippen LogP contribution in [-0.4, -0.2) is 0 Å². The molecule has 0 spiro atoms. The SMILES string of the molecule is N#C[C@@H](c1ccc(Cl)cc1)C(c1ccccc1)c1ccccc1. The van der Waals surface area contributed by atoms with E-state index in [0.717, 1.165) is 16.7 Å². The zero-order valence-electron chi connectivity index (χ0n) is 12.6. The average molecular weight is 318 g/mol. The Kier molecular flexibility index (Phi) is 4.76. The van der Waals surface area contributed by atoms with Gasteiger partial charge in [0.15, 0.2) is 0 Å². The van der Waals surface area contributed by atoms with Crippen LogP contribution in [0, 0.1) is 11.3 Å². The summed E-state index contributed by atoms with van der Waals surface area (Å²) in [5.41, 5.74) is 3.26. The van der Waals surface area contributed by atoms with Crippen LogP contribution in [0.2, 0.25) is 5.02 Å². The Labute approximate surface area is 141 Å². The van der Waals surface area contributed by atoms with Crippen molar-refractivity contribution in [2.24, 2.45) is 0 Å². The molecule has 3 rings (SSSR count). The third-order valence-corrected chi connectivity index (χ3v) is 4.27. The Morgan fingerprint density at radius 2 is 1.13 bits per heavy atom. The molecule has 0 saturated heterocycles. The molecule has 0 aromatic heterocycles. The predicted molar refractivity (Wildman–Crippen MR) is 94.5 cm³/mol. The van der Waals surface area contributed by atoms with Gasteiger partial charge < -0.3 is 0 Å². The van der Waals surface area contributed by atoms with Crippen LogP contribution in [0.1, 0.15) is 28.5 Å². The second-order valence-corrected chi connectivity index (χ2v) is 5.89. The van der Waals surface area contributed by atoms with Gasteiger partial charge >= 0.3 is 0 Å². The predicted octanol–water partition coefficient (Wildman–Crippen LogP) is 5.78. The van der Waals surface area contributed by atoms with E-state index >= 15 is 0 Å². The molecule has 0 aliphatic rings. The number of halogens is 1. The molecular formula is C21H16ClN. The summed E-state index contributed by atoms with van der Waals surface area (Å²) in [5, 5.41) is 10.5. The highest BCUT2D eigenvalue weighted by Crippen LogP contribution is 2.38. The largest absolute Gasteiger partial charge is 0.198 e. The molecule has 0 N–H and O–H groups in total. The highest BCUT2D eigenvalue weighted by Gasteiger charge is 2.26. The molecule has 3 aromatic carbocycles. The van der Waals surface area contributed by atoms with Gasteiger partial charge in [-0.15, -0.1) is 0 Å². The van der Waals surface area contributed by atoms with Crippen LogP contribution in [-0.2, 0) is 0 Å². The van der Waals surface area contributed by atoms with Crippen LogP contribution in [0.5, 0.6) is 0 Å². The number of hydrogen-bond acceptors (Lipinski definition) is 1. The first-order valence-corrected chi connectivity index (χ1v) is 7.92. The Hall–Kier alpha value is -2.56. The van der Waals surface area contributed by atoms with Crippen LogP contribution in [0.15, 0.2) is 84.9 Å². The summed E-state index contributed by atoms with van der Waals surface area (Å²) < 4.78 is 0. The fourth-order valence-electron chi connectivity index (χ4n) is 2.91. The second kappa shape index (κ2) is 7.13. The van der Waals surface area contributed by atoms with E-state index in [2.05, 4.69) is 30.3 Å². The quantitative estimate of drug-likeness (QED) is 0.598. The van der Waals surface area contributed by atoms with Gasteiger partial charge in [-0.1, -0.05) is 84.4 Å². The molecule has 0 unspecified atom stereocenters. The maximum Gasteiger partial charge on any atom is 0.0821 e. The van der Waals surface area contributed by atoms with Crippen molar-refractivity contribution in [3.63, 3.8) is 0 Å². The zero-order valence-corrected chi connectivity index (χ0v) is 13.3. The molecular weight excluding hydrogens is 302 g/mol. The zero-order chi connectivity index (χ0) is 16.1. The molecule has 1 atom stereocenters. The molecule has 1 nitrogen and oxygen atoms in total. The minimum atomic E-state index is -0.267. The van der Waals surface area contributed by atoms with Gasteiger partial charge in [0.2, 0.25) is 0 Å². The van der Waals surface area contributed by atoms with Crippen molar-refractivity contribution < 1.29 is 0 Å². The van der Waals surface area contributed by atoms with Gasteiger partial charge in [-0.3, -0.25) is 0 Å². The normalized spacial score (nSPS) is 11.9. The summed E-state index contributed by atoms with van der Waals surface area (Å²) in [6, 6.07) is 30.4. The van der Waals surface area contributed by atoms with E-state index < -0.39 is 0 Å². The smallest absolute Gasteiger partial charge is 0.0821 e. The van der Waals surface area contributed by atoms with Crippen LogP contribution in [0.4, 0.5) is 0 Å². The molecule has 0 aliphatic carbocycles. The molecule has 0 aliphatic heterocycles. The van der Waals surface area contributed by atoms with Gasteiger partial charge in [-0.05, 0) is 28.8 Å². The van der Waals surface area contributed by atoms with E-state index in [4.69, 9.17) is 11.6 Å². The number of hydrogen-bond donors (Lipinski definition) is 0. The first-order valence-electron chi connectivity index (χ1n) is 7.54. The average Bonchev–Trinajstić information content (AvgIpc) is 2.62. The van der Waals surface area contributed by atoms with Gasteiger partial charge in [-0.25, -0.2) is 0 Å². The molecule has 23 heavy (non-hydrogen) atoms. The molecule has 0 fully saturated rings.